The Morgan fingerprint density at radius 3 is 3.07 bits per heavy atom. The maximum absolute atomic E-state index is 11.4. The van der Waals surface area contributed by atoms with Crippen molar-refractivity contribution in [1.29, 1.82) is 0 Å². The van der Waals surface area contributed by atoms with Crippen molar-refractivity contribution >= 4 is 39.1 Å². The summed E-state index contributed by atoms with van der Waals surface area (Å²) in [4.78, 5) is 15.3. The van der Waals surface area contributed by atoms with E-state index in [0.717, 1.165) is 11.0 Å². The second kappa shape index (κ2) is 6.05. The van der Waals surface area contributed by atoms with Crippen LogP contribution in [0.5, 0.6) is 0 Å². The topological polar surface area (TPSA) is 54.0 Å². The number of halogens is 2. The summed E-state index contributed by atoms with van der Waals surface area (Å²) in [5, 5.41) is 5.86. The van der Waals surface area contributed by atoms with Crippen LogP contribution in [0.2, 0.25) is 5.15 Å². The zero-order valence-electron chi connectivity index (χ0n) is 8.18. The summed E-state index contributed by atoms with van der Waals surface area (Å²) in [6.45, 7) is 2.94. The van der Waals surface area contributed by atoms with E-state index >= 15 is 0 Å². The van der Waals surface area contributed by atoms with Gasteiger partial charge >= 0.3 is 0 Å². The van der Waals surface area contributed by atoms with E-state index in [9.17, 15) is 4.79 Å². The minimum absolute atomic E-state index is 0.140. The Kier molecular flexibility index (Phi) is 5.01. The largest absolute Gasteiger partial charge is 0.322 e. The van der Waals surface area contributed by atoms with Gasteiger partial charge in [-0.15, -0.1) is 0 Å². The van der Waals surface area contributed by atoms with Crippen molar-refractivity contribution in [3.05, 3.63) is 21.9 Å². The molecular weight excluding hydrogens is 281 g/mol. The second-order valence-electron chi connectivity index (χ2n) is 2.82. The lowest BCUT2D eigenvalue weighted by Gasteiger charge is -2.06. The molecule has 1 aromatic rings. The Morgan fingerprint density at radius 2 is 2.40 bits per heavy atom. The van der Waals surface area contributed by atoms with Gasteiger partial charge in [-0.05, 0) is 28.5 Å². The fraction of sp³-hybridized carbons (Fsp3) is 0.333. The quantitative estimate of drug-likeness (QED) is 0.835. The molecule has 0 aliphatic heterocycles. The number of likely N-dealkylation sites (N-methyl/N-ethyl adjacent to an activating group) is 1. The van der Waals surface area contributed by atoms with Crippen LogP contribution < -0.4 is 10.6 Å². The zero-order chi connectivity index (χ0) is 11.3. The van der Waals surface area contributed by atoms with Crippen LogP contribution >= 0.6 is 27.5 Å². The molecule has 0 spiro atoms. The number of amides is 1. The number of hydrogen-bond acceptors (Lipinski definition) is 3. The second-order valence-corrected chi connectivity index (χ2v) is 4.09. The summed E-state index contributed by atoms with van der Waals surface area (Å²) in [5.74, 6) is -0.140. The van der Waals surface area contributed by atoms with Crippen molar-refractivity contribution in [2.75, 3.05) is 18.4 Å². The van der Waals surface area contributed by atoms with Crippen molar-refractivity contribution in [2.45, 2.75) is 6.92 Å². The van der Waals surface area contributed by atoms with E-state index in [4.69, 9.17) is 11.6 Å². The van der Waals surface area contributed by atoms with Crippen LogP contribution in [-0.4, -0.2) is 24.0 Å². The minimum atomic E-state index is -0.140. The number of anilines is 1. The predicted octanol–water partition coefficient (Wildman–Crippen LogP) is 2.05. The molecule has 2 N–H and O–H groups in total. The van der Waals surface area contributed by atoms with Gasteiger partial charge in [0.05, 0.1) is 12.2 Å². The van der Waals surface area contributed by atoms with Crippen LogP contribution in [0.25, 0.3) is 0 Å². The number of aromatic nitrogens is 1. The molecule has 4 nitrogen and oxygen atoms in total. The number of carbonyl (C=O) groups excluding carboxylic acids is 1. The molecule has 0 aliphatic rings. The molecule has 15 heavy (non-hydrogen) atoms. The average molecular weight is 293 g/mol. The highest BCUT2D eigenvalue weighted by molar-refractivity contribution is 9.10. The van der Waals surface area contributed by atoms with Crippen LogP contribution in [0.3, 0.4) is 0 Å². The van der Waals surface area contributed by atoms with E-state index in [1.54, 1.807) is 12.3 Å². The van der Waals surface area contributed by atoms with Gasteiger partial charge in [0.25, 0.3) is 0 Å². The van der Waals surface area contributed by atoms with E-state index in [0.29, 0.717) is 5.69 Å². The molecule has 0 unspecified atom stereocenters. The van der Waals surface area contributed by atoms with E-state index < -0.39 is 0 Å². The summed E-state index contributed by atoms with van der Waals surface area (Å²) in [6, 6.07) is 1.71. The number of hydrogen-bond donors (Lipinski definition) is 2. The summed E-state index contributed by atoms with van der Waals surface area (Å²) >= 11 is 9.06. The Balaban J connectivity index is 2.63. The number of nitrogens with one attached hydrogen (secondary N) is 2. The lowest BCUT2D eigenvalue weighted by molar-refractivity contribution is -0.115. The van der Waals surface area contributed by atoms with E-state index in [-0.39, 0.29) is 17.6 Å². The molecule has 0 saturated carbocycles. The standard InChI is InChI=1S/C9H11BrClN3O/c1-2-12-5-8(15)14-7-3-6(10)4-13-9(7)11/h3-4,12H,2,5H2,1H3,(H,14,15). The highest BCUT2D eigenvalue weighted by Crippen LogP contribution is 2.22. The number of nitrogens with zero attached hydrogens (tertiary/aromatic N) is 1. The van der Waals surface area contributed by atoms with E-state index in [2.05, 4.69) is 31.5 Å². The molecule has 0 atom stereocenters. The molecule has 1 heterocycles. The minimum Gasteiger partial charge on any atom is -0.322 e. The zero-order valence-corrected chi connectivity index (χ0v) is 10.5. The molecule has 0 bridgehead atoms. The first kappa shape index (κ1) is 12.4. The molecule has 0 saturated heterocycles. The molecule has 1 amide bonds. The van der Waals surface area contributed by atoms with Crippen LogP contribution in [0, 0.1) is 0 Å². The third-order valence-corrected chi connectivity index (χ3v) is 2.35. The summed E-state index contributed by atoms with van der Waals surface area (Å²) in [5.41, 5.74) is 0.508. The van der Waals surface area contributed by atoms with Gasteiger partial charge in [0, 0.05) is 10.7 Å². The van der Waals surface area contributed by atoms with Gasteiger partial charge < -0.3 is 10.6 Å². The smallest absolute Gasteiger partial charge is 0.238 e. The Hall–Kier alpha value is -0.650. The van der Waals surface area contributed by atoms with E-state index in [1.165, 1.54) is 0 Å². The fourth-order valence-corrected chi connectivity index (χ4v) is 1.43. The summed E-state index contributed by atoms with van der Waals surface area (Å²) in [7, 11) is 0. The molecule has 82 valence electrons. The predicted molar refractivity (Wildman–Crippen MR) is 64.1 cm³/mol. The average Bonchev–Trinajstić information content (AvgIpc) is 2.20. The van der Waals surface area contributed by atoms with Gasteiger partial charge in [-0.25, -0.2) is 4.98 Å². The molecule has 0 aliphatic carbocycles. The van der Waals surface area contributed by atoms with Crippen molar-refractivity contribution < 1.29 is 4.79 Å². The lowest BCUT2D eigenvalue weighted by atomic mass is 10.4. The Morgan fingerprint density at radius 1 is 1.67 bits per heavy atom. The van der Waals surface area contributed by atoms with Gasteiger partial charge in [-0.3, -0.25) is 4.79 Å². The summed E-state index contributed by atoms with van der Waals surface area (Å²) in [6.07, 6.45) is 1.57. The number of rotatable bonds is 4. The van der Waals surface area contributed by atoms with Crippen molar-refractivity contribution in [1.82, 2.24) is 10.3 Å². The molecule has 6 heteroatoms. The van der Waals surface area contributed by atoms with Gasteiger partial charge in [0.15, 0.2) is 5.15 Å². The maximum atomic E-state index is 11.4. The first-order valence-electron chi connectivity index (χ1n) is 4.45. The molecule has 0 radical (unpaired) electrons. The molecule has 0 aromatic carbocycles. The van der Waals surface area contributed by atoms with Crippen molar-refractivity contribution in [3.8, 4) is 0 Å². The fourth-order valence-electron chi connectivity index (χ4n) is 0.943. The maximum Gasteiger partial charge on any atom is 0.238 e. The van der Waals surface area contributed by atoms with Crippen molar-refractivity contribution in [3.63, 3.8) is 0 Å². The highest BCUT2D eigenvalue weighted by Gasteiger charge is 2.06. The molecule has 0 fully saturated rings. The van der Waals surface area contributed by atoms with Crippen molar-refractivity contribution in [2.24, 2.45) is 0 Å². The lowest BCUT2D eigenvalue weighted by Crippen LogP contribution is -2.27. The number of carbonyl (C=O) groups is 1. The normalized spacial score (nSPS) is 10.1. The summed E-state index contributed by atoms with van der Waals surface area (Å²) < 4.78 is 0.769. The Labute approximate surface area is 102 Å². The SMILES string of the molecule is CCNCC(=O)Nc1cc(Br)cnc1Cl. The van der Waals surface area contributed by atoms with Crippen LogP contribution in [-0.2, 0) is 4.79 Å². The van der Waals surface area contributed by atoms with Gasteiger partial charge in [-0.1, -0.05) is 18.5 Å². The van der Waals surface area contributed by atoms with Gasteiger partial charge in [0.2, 0.25) is 5.91 Å². The third-order valence-electron chi connectivity index (χ3n) is 1.62. The molecular formula is C9H11BrClN3O. The van der Waals surface area contributed by atoms with Gasteiger partial charge in [-0.2, -0.15) is 0 Å². The van der Waals surface area contributed by atoms with Crippen LogP contribution in [0.4, 0.5) is 5.69 Å². The first-order valence-corrected chi connectivity index (χ1v) is 5.62. The monoisotopic (exact) mass is 291 g/mol. The first-order chi connectivity index (χ1) is 7.13. The third kappa shape index (κ3) is 4.15. The van der Waals surface area contributed by atoms with Crippen LogP contribution in [0.15, 0.2) is 16.7 Å². The molecule has 1 aromatic heterocycles. The number of pyridine rings is 1. The molecule has 1 rings (SSSR count). The van der Waals surface area contributed by atoms with Gasteiger partial charge in [0.1, 0.15) is 0 Å². The van der Waals surface area contributed by atoms with E-state index in [1.807, 2.05) is 6.92 Å². The Bertz CT molecular complexity index is 359. The highest BCUT2D eigenvalue weighted by atomic mass is 79.9. The van der Waals surface area contributed by atoms with Crippen LogP contribution in [0.1, 0.15) is 6.92 Å².